The first-order valence-electron chi connectivity index (χ1n) is 10.1. The average molecular weight is 408 g/mol. The molecule has 2 aliphatic carbocycles. The van der Waals surface area contributed by atoms with E-state index >= 15 is 0 Å². The van der Waals surface area contributed by atoms with Gasteiger partial charge in [-0.25, -0.2) is 0 Å². The first-order chi connectivity index (χ1) is 13.1. The molecule has 1 spiro atoms. The predicted octanol–water partition coefficient (Wildman–Crippen LogP) is 2.33. The molecule has 0 bridgehead atoms. The number of ether oxygens (including phenoxy) is 1. The number of hydrogen-bond donors (Lipinski definition) is 3. The van der Waals surface area contributed by atoms with Crippen LogP contribution in [0.25, 0.3) is 0 Å². The zero-order valence-corrected chi connectivity index (χ0v) is 17.1. The third kappa shape index (κ3) is 4.97. The molecule has 0 aromatic heterocycles. The van der Waals surface area contributed by atoms with Crippen molar-refractivity contribution in [2.75, 3.05) is 19.7 Å². The Morgan fingerprint density at radius 1 is 1.21 bits per heavy atom. The van der Waals surface area contributed by atoms with E-state index in [2.05, 4.69) is 16.0 Å². The topological polar surface area (TPSA) is 79.5 Å². The Kier molecular flexibility index (Phi) is 6.50. The second-order valence-corrected chi connectivity index (χ2v) is 8.30. The summed E-state index contributed by atoms with van der Waals surface area (Å²) in [4.78, 5) is 24.3. The molecule has 2 unspecified atom stereocenters. The number of benzene rings is 1. The monoisotopic (exact) mass is 407 g/mol. The van der Waals surface area contributed by atoms with Crippen molar-refractivity contribution in [2.45, 2.75) is 51.1 Å². The van der Waals surface area contributed by atoms with Gasteiger partial charge in [0.1, 0.15) is 5.75 Å². The quantitative estimate of drug-likeness (QED) is 0.648. The highest BCUT2D eigenvalue weighted by Crippen LogP contribution is 2.58. The van der Waals surface area contributed by atoms with Crippen molar-refractivity contribution in [1.29, 1.82) is 0 Å². The number of hydrogen-bond acceptors (Lipinski definition) is 4. The standard InChI is InChI=1S/C21H29N3O3.ClH/c1-14(23-20(26)18-12-21(18)8-10-22-11-9-21)15-2-6-17(7-3-15)27-13-19(25)24-16-4-5-16;/h2-3,6-7,14,16,18,22H,4-5,8-13H2,1H3,(H,23,26)(H,24,25);1H. The molecule has 6 nitrogen and oxygen atoms in total. The summed E-state index contributed by atoms with van der Waals surface area (Å²) in [5.41, 5.74) is 1.30. The SMILES string of the molecule is CC(NC(=O)C1CC12CCNCC2)c1ccc(OCC(=O)NC2CC2)cc1.Cl. The molecule has 4 rings (SSSR count). The molecule has 1 saturated heterocycles. The second kappa shape index (κ2) is 8.70. The third-order valence-corrected chi connectivity index (χ3v) is 6.16. The predicted molar refractivity (Wildman–Crippen MR) is 110 cm³/mol. The lowest BCUT2D eigenvalue weighted by molar-refractivity contribution is -0.124. The Labute approximate surface area is 172 Å². The van der Waals surface area contributed by atoms with Crippen molar-refractivity contribution < 1.29 is 14.3 Å². The maximum Gasteiger partial charge on any atom is 0.258 e. The van der Waals surface area contributed by atoms with Crippen LogP contribution in [0.1, 0.15) is 50.6 Å². The van der Waals surface area contributed by atoms with Crippen LogP contribution in [0.4, 0.5) is 0 Å². The fraction of sp³-hybridized carbons (Fsp3) is 0.619. The number of rotatable bonds is 7. The summed E-state index contributed by atoms with van der Waals surface area (Å²) >= 11 is 0. The van der Waals surface area contributed by atoms with E-state index in [1.807, 2.05) is 31.2 Å². The Hall–Kier alpha value is -1.79. The molecule has 2 atom stereocenters. The molecule has 3 N–H and O–H groups in total. The van der Waals surface area contributed by atoms with Gasteiger partial charge < -0.3 is 20.7 Å². The normalized spacial score (nSPS) is 23.2. The molecule has 7 heteroatoms. The number of piperidine rings is 1. The minimum absolute atomic E-state index is 0. The van der Waals surface area contributed by atoms with E-state index in [9.17, 15) is 9.59 Å². The first kappa shape index (κ1) is 20.9. The van der Waals surface area contributed by atoms with Crippen LogP contribution in [0.5, 0.6) is 5.75 Å². The Bertz CT molecular complexity index is 699. The highest BCUT2D eigenvalue weighted by molar-refractivity contribution is 5.85. The summed E-state index contributed by atoms with van der Waals surface area (Å²) in [7, 11) is 0. The van der Waals surface area contributed by atoms with Gasteiger partial charge in [0, 0.05) is 12.0 Å². The fourth-order valence-electron chi connectivity index (χ4n) is 4.09. The minimum atomic E-state index is -0.0708. The van der Waals surface area contributed by atoms with Gasteiger partial charge in [-0.05, 0) is 75.2 Å². The number of halogens is 1. The molecule has 1 aromatic carbocycles. The van der Waals surface area contributed by atoms with Crippen molar-refractivity contribution in [3.8, 4) is 5.75 Å². The molecular weight excluding hydrogens is 378 g/mol. The molecule has 0 radical (unpaired) electrons. The van der Waals surface area contributed by atoms with Gasteiger partial charge in [-0.2, -0.15) is 0 Å². The molecule has 3 aliphatic rings. The Morgan fingerprint density at radius 2 is 1.89 bits per heavy atom. The van der Waals surface area contributed by atoms with Gasteiger partial charge in [-0.15, -0.1) is 12.4 Å². The van der Waals surface area contributed by atoms with E-state index in [4.69, 9.17) is 4.74 Å². The second-order valence-electron chi connectivity index (χ2n) is 8.30. The van der Waals surface area contributed by atoms with Crippen LogP contribution in [0.15, 0.2) is 24.3 Å². The summed E-state index contributed by atoms with van der Waals surface area (Å²) in [5.74, 6) is 0.952. The first-order valence-corrected chi connectivity index (χ1v) is 10.1. The number of amides is 2. The Morgan fingerprint density at radius 3 is 2.54 bits per heavy atom. The van der Waals surface area contributed by atoms with Gasteiger partial charge in [-0.3, -0.25) is 9.59 Å². The molecule has 2 amide bonds. The zero-order chi connectivity index (χ0) is 18.9. The number of nitrogens with one attached hydrogen (secondary N) is 3. The van der Waals surface area contributed by atoms with E-state index in [0.717, 1.165) is 50.8 Å². The lowest BCUT2D eigenvalue weighted by Crippen LogP contribution is -2.34. The van der Waals surface area contributed by atoms with Crippen LogP contribution in [-0.4, -0.2) is 37.6 Å². The molecule has 1 heterocycles. The minimum Gasteiger partial charge on any atom is -0.484 e. The molecule has 1 aromatic rings. The van der Waals surface area contributed by atoms with Crippen molar-refractivity contribution in [2.24, 2.45) is 11.3 Å². The third-order valence-electron chi connectivity index (χ3n) is 6.16. The smallest absolute Gasteiger partial charge is 0.258 e. The summed E-state index contributed by atoms with van der Waals surface area (Å²) in [6.07, 6.45) is 5.40. The van der Waals surface area contributed by atoms with Crippen LogP contribution in [0.2, 0.25) is 0 Å². The van der Waals surface area contributed by atoms with Crippen molar-refractivity contribution in [3.63, 3.8) is 0 Å². The summed E-state index contributed by atoms with van der Waals surface area (Å²) in [6.45, 7) is 4.11. The number of carbonyl (C=O) groups excluding carboxylic acids is 2. The highest BCUT2D eigenvalue weighted by atomic mass is 35.5. The van der Waals surface area contributed by atoms with Gasteiger partial charge in [0.15, 0.2) is 6.61 Å². The maximum absolute atomic E-state index is 12.6. The maximum atomic E-state index is 12.6. The van der Waals surface area contributed by atoms with Crippen LogP contribution in [0, 0.1) is 11.3 Å². The van der Waals surface area contributed by atoms with E-state index in [0.29, 0.717) is 11.8 Å². The van der Waals surface area contributed by atoms with Crippen LogP contribution < -0.4 is 20.7 Å². The highest BCUT2D eigenvalue weighted by Gasteiger charge is 2.57. The van der Waals surface area contributed by atoms with Gasteiger partial charge in [-0.1, -0.05) is 12.1 Å². The van der Waals surface area contributed by atoms with E-state index < -0.39 is 0 Å². The van der Waals surface area contributed by atoms with Gasteiger partial charge in [0.05, 0.1) is 6.04 Å². The van der Waals surface area contributed by atoms with E-state index in [1.165, 1.54) is 0 Å². The van der Waals surface area contributed by atoms with Gasteiger partial charge in [0.2, 0.25) is 5.91 Å². The lowest BCUT2D eigenvalue weighted by Gasteiger charge is -2.24. The fourth-order valence-corrected chi connectivity index (χ4v) is 4.09. The van der Waals surface area contributed by atoms with E-state index in [-0.39, 0.29) is 48.2 Å². The summed E-state index contributed by atoms with van der Waals surface area (Å²) in [6, 6.07) is 7.92. The molecule has 2 saturated carbocycles. The van der Waals surface area contributed by atoms with Crippen molar-refractivity contribution in [1.82, 2.24) is 16.0 Å². The largest absolute Gasteiger partial charge is 0.484 e. The zero-order valence-electron chi connectivity index (χ0n) is 16.3. The molecular formula is C21H30ClN3O3. The lowest BCUT2D eigenvalue weighted by atomic mass is 9.91. The molecule has 1 aliphatic heterocycles. The van der Waals surface area contributed by atoms with Crippen LogP contribution >= 0.6 is 12.4 Å². The van der Waals surface area contributed by atoms with E-state index in [1.54, 1.807) is 0 Å². The van der Waals surface area contributed by atoms with Crippen LogP contribution in [0.3, 0.4) is 0 Å². The summed E-state index contributed by atoms with van der Waals surface area (Å²) < 4.78 is 5.53. The van der Waals surface area contributed by atoms with Gasteiger partial charge >= 0.3 is 0 Å². The molecule has 3 fully saturated rings. The van der Waals surface area contributed by atoms with Crippen molar-refractivity contribution in [3.05, 3.63) is 29.8 Å². The molecule has 154 valence electrons. The summed E-state index contributed by atoms with van der Waals surface area (Å²) in [5, 5.41) is 9.44. The van der Waals surface area contributed by atoms with Crippen LogP contribution in [-0.2, 0) is 9.59 Å². The molecule has 28 heavy (non-hydrogen) atoms. The average Bonchev–Trinajstić information content (AvgIpc) is 3.59. The van der Waals surface area contributed by atoms with Gasteiger partial charge in [0.25, 0.3) is 5.91 Å². The van der Waals surface area contributed by atoms with Crippen molar-refractivity contribution >= 4 is 24.2 Å². The Balaban J connectivity index is 0.00000225. The number of carbonyl (C=O) groups is 2.